The summed E-state index contributed by atoms with van der Waals surface area (Å²) in [5.41, 5.74) is 2.49. The number of likely N-dealkylation sites (N-methyl/N-ethyl adjacent to an activating group) is 1. The summed E-state index contributed by atoms with van der Waals surface area (Å²) in [5, 5.41) is 2.53. The molecule has 0 aliphatic carbocycles. The number of nitrogens with zero attached hydrogens (tertiary/aromatic N) is 2. The summed E-state index contributed by atoms with van der Waals surface area (Å²) in [4.78, 5) is 27.5. The largest absolute Gasteiger partial charge is 0.357 e. The van der Waals surface area contributed by atoms with Crippen LogP contribution in [0.5, 0.6) is 0 Å². The average Bonchev–Trinajstić information content (AvgIpc) is 2.87. The van der Waals surface area contributed by atoms with Crippen molar-refractivity contribution in [2.45, 2.75) is 38.3 Å². The SMILES string of the molecule is CNC(=O)[C@H](C)N(Cc1ccc(F)cc1)C(=O)CN(c1cc(C)ccc1C)S(=O)(=O)c1ccccc1. The van der Waals surface area contributed by atoms with Gasteiger partial charge in [0, 0.05) is 13.6 Å². The van der Waals surface area contributed by atoms with Gasteiger partial charge in [0.1, 0.15) is 18.4 Å². The number of amides is 2. The molecule has 3 aromatic rings. The van der Waals surface area contributed by atoms with Crippen molar-refractivity contribution in [3.63, 3.8) is 0 Å². The molecule has 1 N–H and O–H groups in total. The maximum Gasteiger partial charge on any atom is 0.264 e. The fraction of sp³-hybridized carbons (Fsp3) is 0.259. The van der Waals surface area contributed by atoms with Crippen LogP contribution in [0.1, 0.15) is 23.6 Å². The van der Waals surface area contributed by atoms with Crippen molar-refractivity contribution in [2.24, 2.45) is 0 Å². The minimum Gasteiger partial charge on any atom is -0.357 e. The normalized spacial score (nSPS) is 12.0. The maximum atomic E-state index is 13.7. The first-order chi connectivity index (χ1) is 17.0. The third-order valence-corrected chi connectivity index (χ3v) is 7.70. The second kappa shape index (κ2) is 11.3. The van der Waals surface area contributed by atoms with Gasteiger partial charge in [-0.3, -0.25) is 13.9 Å². The number of nitrogens with one attached hydrogen (secondary N) is 1. The highest BCUT2D eigenvalue weighted by Crippen LogP contribution is 2.28. The number of rotatable bonds is 9. The van der Waals surface area contributed by atoms with Gasteiger partial charge in [0.15, 0.2) is 0 Å². The van der Waals surface area contributed by atoms with Crippen molar-refractivity contribution in [2.75, 3.05) is 17.9 Å². The second-order valence-electron chi connectivity index (χ2n) is 8.55. The van der Waals surface area contributed by atoms with Gasteiger partial charge in [-0.15, -0.1) is 0 Å². The van der Waals surface area contributed by atoms with E-state index < -0.39 is 40.2 Å². The molecule has 190 valence electrons. The van der Waals surface area contributed by atoms with Crippen molar-refractivity contribution in [1.82, 2.24) is 10.2 Å². The Morgan fingerprint density at radius 3 is 2.22 bits per heavy atom. The number of sulfonamides is 1. The van der Waals surface area contributed by atoms with Crippen LogP contribution in [0, 0.1) is 19.7 Å². The van der Waals surface area contributed by atoms with E-state index >= 15 is 0 Å². The van der Waals surface area contributed by atoms with E-state index in [4.69, 9.17) is 0 Å². The molecule has 0 fully saturated rings. The molecular formula is C27H30FN3O4S. The Morgan fingerprint density at radius 1 is 0.972 bits per heavy atom. The van der Waals surface area contributed by atoms with Gasteiger partial charge in [-0.05, 0) is 67.8 Å². The number of carbonyl (C=O) groups excluding carboxylic acids is 2. The summed E-state index contributed by atoms with van der Waals surface area (Å²) in [6, 6.07) is 18.0. The van der Waals surface area contributed by atoms with Crippen LogP contribution >= 0.6 is 0 Å². The molecule has 7 nitrogen and oxygen atoms in total. The molecule has 0 heterocycles. The molecule has 3 aromatic carbocycles. The number of hydrogen-bond donors (Lipinski definition) is 1. The minimum atomic E-state index is -4.12. The molecule has 0 radical (unpaired) electrons. The Balaban J connectivity index is 2.06. The lowest BCUT2D eigenvalue weighted by Crippen LogP contribution is -2.50. The van der Waals surface area contributed by atoms with Crippen molar-refractivity contribution in [3.8, 4) is 0 Å². The molecular weight excluding hydrogens is 481 g/mol. The average molecular weight is 512 g/mol. The fourth-order valence-electron chi connectivity index (χ4n) is 3.80. The highest BCUT2D eigenvalue weighted by molar-refractivity contribution is 7.92. The summed E-state index contributed by atoms with van der Waals surface area (Å²) < 4.78 is 42.0. The van der Waals surface area contributed by atoms with E-state index in [1.54, 1.807) is 44.2 Å². The number of hydrogen-bond acceptors (Lipinski definition) is 4. The lowest BCUT2D eigenvalue weighted by Gasteiger charge is -2.32. The first-order valence-electron chi connectivity index (χ1n) is 11.4. The molecule has 0 bridgehead atoms. The predicted molar refractivity (Wildman–Crippen MR) is 137 cm³/mol. The second-order valence-corrected chi connectivity index (χ2v) is 10.4. The molecule has 0 aliphatic rings. The van der Waals surface area contributed by atoms with Crippen LogP contribution in [0.25, 0.3) is 0 Å². The molecule has 0 saturated carbocycles. The zero-order chi connectivity index (χ0) is 26.5. The number of anilines is 1. The highest BCUT2D eigenvalue weighted by atomic mass is 32.2. The van der Waals surface area contributed by atoms with Gasteiger partial charge in [-0.1, -0.05) is 42.5 Å². The van der Waals surface area contributed by atoms with E-state index in [0.717, 1.165) is 9.87 Å². The number of carbonyl (C=O) groups is 2. The van der Waals surface area contributed by atoms with Crippen molar-refractivity contribution >= 4 is 27.5 Å². The summed E-state index contributed by atoms with van der Waals surface area (Å²) >= 11 is 0. The molecule has 36 heavy (non-hydrogen) atoms. The number of aryl methyl sites for hydroxylation is 2. The van der Waals surface area contributed by atoms with Crippen LogP contribution < -0.4 is 9.62 Å². The zero-order valence-electron chi connectivity index (χ0n) is 20.7. The minimum absolute atomic E-state index is 0.000274. The van der Waals surface area contributed by atoms with Gasteiger partial charge in [-0.2, -0.15) is 0 Å². The van der Waals surface area contributed by atoms with Crippen LogP contribution in [0.15, 0.2) is 77.7 Å². The van der Waals surface area contributed by atoms with Crippen molar-refractivity contribution in [3.05, 3.63) is 95.3 Å². The Hall–Kier alpha value is -3.72. The molecule has 0 aromatic heterocycles. The van der Waals surface area contributed by atoms with Crippen LogP contribution in [-0.2, 0) is 26.2 Å². The summed E-state index contributed by atoms with van der Waals surface area (Å²) in [6.45, 7) is 4.65. The third kappa shape index (κ3) is 6.09. The Kier molecular flexibility index (Phi) is 8.47. The highest BCUT2D eigenvalue weighted by Gasteiger charge is 2.32. The van der Waals surface area contributed by atoms with Crippen LogP contribution in [0.2, 0.25) is 0 Å². The standard InChI is InChI=1S/C27H30FN3O4S/c1-19-10-11-20(2)25(16-19)31(36(34,35)24-8-6-5-7-9-24)18-26(32)30(21(3)27(33)29-4)17-22-12-14-23(28)15-13-22/h5-16,21H,17-18H2,1-4H3,(H,29,33)/t21-/m0/s1. The lowest BCUT2D eigenvalue weighted by molar-refractivity contribution is -0.139. The van der Waals surface area contributed by atoms with Gasteiger partial charge in [0.05, 0.1) is 10.6 Å². The zero-order valence-corrected chi connectivity index (χ0v) is 21.5. The van der Waals surface area contributed by atoms with E-state index in [1.807, 2.05) is 13.0 Å². The Bertz CT molecular complexity index is 1330. The van der Waals surface area contributed by atoms with Gasteiger partial charge in [0.25, 0.3) is 10.0 Å². The Labute approximate surface area is 211 Å². The lowest BCUT2D eigenvalue weighted by atomic mass is 10.1. The van der Waals surface area contributed by atoms with Gasteiger partial charge in [0.2, 0.25) is 11.8 Å². The summed E-state index contributed by atoms with van der Waals surface area (Å²) in [7, 11) is -2.66. The third-order valence-electron chi connectivity index (χ3n) is 5.92. The van der Waals surface area contributed by atoms with Crippen LogP contribution in [0.3, 0.4) is 0 Å². The topological polar surface area (TPSA) is 86.8 Å². The van der Waals surface area contributed by atoms with E-state index in [9.17, 15) is 22.4 Å². The number of halogens is 1. The van der Waals surface area contributed by atoms with E-state index in [0.29, 0.717) is 16.8 Å². The smallest absolute Gasteiger partial charge is 0.264 e. The van der Waals surface area contributed by atoms with Crippen molar-refractivity contribution < 1.29 is 22.4 Å². The predicted octanol–water partition coefficient (Wildman–Crippen LogP) is 3.80. The molecule has 3 rings (SSSR count). The molecule has 0 unspecified atom stereocenters. The van der Waals surface area contributed by atoms with Gasteiger partial charge >= 0.3 is 0 Å². The fourth-order valence-corrected chi connectivity index (χ4v) is 5.29. The first-order valence-corrected chi connectivity index (χ1v) is 12.9. The molecule has 2 amide bonds. The Morgan fingerprint density at radius 2 is 1.61 bits per heavy atom. The maximum absolute atomic E-state index is 13.7. The molecule has 0 saturated heterocycles. The molecule has 9 heteroatoms. The first kappa shape index (κ1) is 26.9. The number of benzene rings is 3. The van der Waals surface area contributed by atoms with E-state index in [-0.39, 0.29) is 11.4 Å². The monoisotopic (exact) mass is 511 g/mol. The van der Waals surface area contributed by atoms with Crippen LogP contribution in [0.4, 0.5) is 10.1 Å². The molecule has 0 spiro atoms. The van der Waals surface area contributed by atoms with Gasteiger partial charge < -0.3 is 10.2 Å². The molecule has 1 atom stereocenters. The quantitative estimate of drug-likeness (QED) is 0.474. The van der Waals surface area contributed by atoms with Gasteiger partial charge in [-0.25, -0.2) is 12.8 Å². The van der Waals surface area contributed by atoms with Crippen molar-refractivity contribution in [1.29, 1.82) is 0 Å². The summed E-state index contributed by atoms with van der Waals surface area (Å²) in [6.07, 6.45) is 0. The van der Waals surface area contributed by atoms with Crippen LogP contribution in [-0.4, -0.2) is 44.8 Å². The molecule has 0 aliphatic heterocycles. The summed E-state index contributed by atoms with van der Waals surface area (Å²) in [5.74, 6) is -1.41. The van der Waals surface area contributed by atoms with E-state index in [1.165, 1.54) is 48.3 Å². The van der Waals surface area contributed by atoms with E-state index in [2.05, 4.69) is 5.32 Å².